The van der Waals surface area contributed by atoms with Gasteiger partial charge in [0.2, 0.25) is 0 Å². The number of fused-ring (bicyclic) bond motifs is 1. The van der Waals surface area contributed by atoms with Crippen LogP contribution in [0.3, 0.4) is 0 Å². The first-order valence-corrected chi connectivity index (χ1v) is 9.01. The van der Waals surface area contributed by atoms with E-state index in [-0.39, 0.29) is 29.6 Å². The second kappa shape index (κ2) is 7.94. The second-order valence-corrected chi connectivity index (χ2v) is 7.15. The normalized spacial score (nSPS) is 12.4. The Labute approximate surface area is 162 Å². The number of likely N-dealkylation sites (N-methyl/N-ethyl adjacent to an activating group) is 1. The van der Waals surface area contributed by atoms with Crippen LogP contribution in [0.1, 0.15) is 33.3 Å². The van der Waals surface area contributed by atoms with Gasteiger partial charge < -0.3 is 14.6 Å². The van der Waals surface area contributed by atoms with E-state index in [4.69, 9.17) is 4.42 Å². The van der Waals surface area contributed by atoms with E-state index in [1.165, 1.54) is 18.2 Å². The van der Waals surface area contributed by atoms with Crippen molar-refractivity contribution in [3.8, 4) is 0 Å². The Morgan fingerprint density at radius 1 is 1.11 bits per heavy atom. The summed E-state index contributed by atoms with van der Waals surface area (Å²) in [4.78, 5) is 26.9. The van der Waals surface area contributed by atoms with Crippen molar-refractivity contribution >= 4 is 16.9 Å². The molecule has 1 heterocycles. The Morgan fingerprint density at radius 2 is 1.75 bits per heavy atom. The summed E-state index contributed by atoms with van der Waals surface area (Å²) in [6.45, 7) is 4.13. The van der Waals surface area contributed by atoms with Crippen LogP contribution in [0.2, 0.25) is 0 Å². The monoisotopic (exact) mass is 382 g/mol. The lowest BCUT2D eigenvalue weighted by Crippen LogP contribution is -2.34. The molecule has 0 spiro atoms. The Kier molecular flexibility index (Phi) is 5.61. The minimum atomic E-state index is -0.466. The largest absolute Gasteiger partial charge is 0.451 e. The smallest absolute Gasteiger partial charge is 0.287 e. The summed E-state index contributed by atoms with van der Waals surface area (Å²) in [5, 5.41) is 3.26. The maximum absolute atomic E-state index is 13.2. The molecule has 1 aromatic heterocycles. The molecule has 0 aliphatic rings. The molecule has 1 amide bonds. The lowest BCUT2D eigenvalue weighted by molar-refractivity contribution is 0.0914. The fraction of sp³-hybridized carbons (Fsp3) is 0.273. The van der Waals surface area contributed by atoms with Gasteiger partial charge in [-0.05, 0) is 68.9 Å². The Bertz CT molecular complexity index is 1070. The molecule has 3 aromatic rings. The van der Waals surface area contributed by atoms with Crippen molar-refractivity contribution in [2.75, 3.05) is 20.6 Å². The standard InChI is InChI=1S/C22H23FN2O3/c1-13-9-17-19(26)11-21(28-20(17)10-14(13)2)22(27)24-12-18(25(3)4)15-5-7-16(23)8-6-15/h5-11,18H,12H2,1-4H3,(H,24,27)/t18-/m1/s1. The molecule has 0 aliphatic heterocycles. The molecule has 2 aromatic carbocycles. The summed E-state index contributed by atoms with van der Waals surface area (Å²) in [7, 11) is 3.75. The number of amides is 1. The van der Waals surface area contributed by atoms with Crippen LogP contribution in [0.5, 0.6) is 0 Å². The van der Waals surface area contributed by atoms with Crippen molar-refractivity contribution in [1.82, 2.24) is 10.2 Å². The van der Waals surface area contributed by atoms with Crippen LogP contribution in [0.25, 0.3) is 11.0 Å². The second-order valence-electron chi connectivity index (χ2n) is 7.15. The Hall–Kier alpha value is -2.99. The fourth-order valence-electron chi connectivity index (χ4n) is 3.08. The molecule has 0 saturated heterocycles. The van der Waals surface area contributed by atoms with Crippen molar-refractivity contribution in [3.05, 3.63) is 81.0 Å². The van der Waals surface area contributed by atoms with E-state index in [1.54, 1.807) is 24.3 Å². The molecule has 0 saturated carbocycles. The maximum Gasteiger partial charge on any atom is 0.287 e. The number of nitrogens with one attached hydrogen (secondary N) is 1. The highest BCUT2D eigenvalue weighted by atomic mass is 19.1. The minimum absolute atomic E-state index is 0.0302. The first-order chi connectivity index (χ1) is 13.3. The highest BCUT2D eigenvalue weighted by Gasteiger charge is 2.18. The minimum Gasteiger partial charge on any atom is -0.451 e. The van der Waals surface area contributed by atoms with Crippen molar-refractivity contribution in [1.29, 1.82) is 0 Å². The molecule has 1 N–H and O–H groups in total. The highest BCUT2D eigenvalue weighted by Crippen LogP contribution is 2.20. The molecule has 0 bridgehead atoms. The summed E-state index contributed by atoms with van der Waals surface area (Å²) >= 11 is 0. The topological polar surface area (TPSA) is 62.6 Å². The third kappa shape index (κ3) is 4.12. The van der Waals surface area contributed by atoms with Gasteiger partial charge in [-0.1, -0.05) is 12.1 Å². The van der Waals surface area contributed by atoms with Crippen LogP contribution in [-0.2, 0) is 0 Å². The first kappa shape index (κ1) is 19.8. The van der Waals surface area contributed by atoms with Crippen LogP contribution in [0.4, 0.5) is 4.39 Å². The maximum atomic E-state index is 13.2. The van der Waals surface area contributed by atoms with E-state index in [9.17, 15) is 14.0 Å². The molecule has 1 atom stereocenters. The molecule has 6 heteroatoms. The van der Waals surface area contributed by atoms with Crippen LogP contribution in [0, 0.1) is 19.7 Å². The van der Waals surface area contributed by atoms with E-state index in [0.29, 0.717) is 11.0 Å². The molecule has 28 heavy (non-hydrogen) atoms. The number of carbonyl (C=O) groups is 1. The number of hydrogen-bond acceptors (Lipinski definition) is 4. The molecular formula is C22H23FN2O3. The van der Waals surface area contributed by atoms with Crippen molar-refractivity contribution in [2.45, 2.75) is 19.9 Å². The van der Waals surface area contributed by atoms with Gasteiger partial charge in [0, 0.05) is 12.6 Å². The molecule has 0 radical (unpaired) electrons. The number of nitrogens with zero attached hydrogens (tertiary/aromatic N) is 1. The lowest BCUT2D eigenvalue weighted by atomic mass is 10.1. The first-order valence-electron chi connectivity index (χ1n) is 9.01. The number of halogens is 1. The molecule has 0 fully saturated rings. The average molecular weight is 382 g/mol. The van der Waals surface area contributed by atoms with Crippen LogP contribution in [0.15, 0.2) is 51.7 Å². The lowest BCUT2D eigenvalue weighted by Gasteiger charge is -2.25. The Morgan fingerprint density at radius 3 is 2.39 bits per heavy atom. The molecule has 3 rings (SSSR count). The van der Waals surface area contributed by atoms with Gasteiger partial charge in [0.05, 0.1) is 11.4 Å². The molecule has 0 aliphatic carbocycles. The SMILES string of the molecule is Cc1cc2oc(C(=O)NC[C@H](c3ccc(F)cc3)N(C)C)cc(=O)c2cc1C. The van der Waals surface area contributed by atoms with Gasteiger partial charge in [-0.2, -0.15) is 0 Å². The highest BCUT2D eigenvalue weighted by molar-refractivity contribution is 5.93. The third-order valence-electron chi connectivity index (χ3n) is 4.90. The summed E-state index contributed by atoms with van der Waals surface area (Å²) in [6.07, 6.45) is 0. The van der Waals surface area contributed by atoms with Gasteiger partial charge >= 0.3 is 0 Å². The van der Waals surface area contributed by atoms with Gasteiger partial charge in [-0.15, -0.1) is 0 Å². The molecule has 146 valence electrons. The summed E-state index contributed by atoms with van der Waals surface area (Å²) in [5.74, 6) is -0.808. The number of carbonyl (C=O) groups excluding carboxylic acids is 1. The molecular weight excluding hydrogens is 359 g/mol. The summed E-state index contributed by atoms with van der Waals surface area (Å²) in [6, 6.07) is 10.8. The summed E-state index contributed by atoms with van der Waals surface area (Å²) < 4.78 is 18.9. The van der Waals surface area contributed by atoms with Gasteiger partial charge in [-0.3, -0.25) is 9.59 Å². The van der Waals surface area contributed by atoms with Gasteiger partial charge in [0.15, 0.2) is 11.2 Å². The van der Waals surface area contributed by atoms with E-state index >= 15 is 0 Å². The number of rotatable bonds is 5. The van der Waals surface area contributed by atoms with E-state index < -0.39 is 5.91 Å². The zero-order chi connectivity index (χ0) is 20.4. The van der Waals surface area contributed by atoms with E-state index in [1.807, 2.05) is 32.8 Å². The fourth-order valence-corrected chi connectivity index (χ4v) is 3.08. The van der Waals surface area contributed by atoms with Crippen molar-refractivity contribution < 1.29 is 13.6 Å². The predicted molar refractivity (Wildman–Crippen MR) is 107 cm³/mol. The van der Waals surface area contributed by atoms with Gasteiger partial charge in [0.25, 0.3) is 5.91 Å². The zero-order valence-corrected chi connectivity index (χ0v) is 16.4. The van der Waals surface area contributed by atoms with E-state index in [2.05, 4.69) is 5.32 Å². The molecule has 5 nitrogen and oxygen atoms in total. The van der Waals surface area contributed by atoms with Gasteiger partial charge in [0.1, 0.15) is 11.4 Å². The van der Waals surface area contributed by atoms with Crippen LogP contribution in [-0.4, -0.2) is 31.4 Å². The number of hydrogen-bond donors (Lipinski definition) is 1. The Balaban J connectivity index is 1.83. The number of aryl methyl sites for hydroxylation is 2. The van der Waals surface area contributed by atoms with Crippen LogP contribution < -0.4 is 10.7 Å². The predicted octanol–water partition coefficient (Wildman–Crippen LogP) is 3.58. The average Bonchev–Trinajstić information content (AvgIpc) is 2.64. The zero-order valence-electron chi connectivity index (χ0n) is 16.4. The van der Waals surface area contributed by atoms with Crippen molar-refractivity contribution in [2.24, 2.45) is 0 Å². The number of benzene rings is 2. The third-order valence-corrected chi connectivity index (χ3v) is 4.90. The van der Waals surface area contributed by atoms with Crippen LogP contribution >= 0.6 is 0 Å². The quantitative estimate of drug-likeness (QED) is 0.733. The van der Waals surface area contributed by atoms with Gasteiger partial charge in [-0.25, -0.2) is 4.39 Å². The van der Waals surface area contributed by atoms with Crippen molar-refractivity contribution in [3.63, 3.8) is 0 Å². The molecule has 0 unspecified atom stereocenters. The van der Waals surface area contributed by atoms with E-state index in [0.717, 1.165) is 16.7 Å². The summed E-state index contributed by atoms with van der Waals surface area (Å²) in [5.41, 5.74) is 2.99.